The average molecular weight is 344 g/mol. The molecule has 0 atom stereocenters. The Hall–Kier alpha value is -2.33. The van der Waals surface area contributed by atoms with Crippen molar-refractivity contribution < 1.29 is 22.7 Å². The molecular formula is C13H15F3N6O2. The highest BCUT2D eigenvalue weighted by Crippen LogP contribution is 2.41. The Balaban J connectivity index is 1.81. The molecule has 11 heteroatoms. The van der Waals surface area contributed by atoms with Gasteiger partial charge in [-0.05, 0) is 23.2 Å². The normalized spacial score (nSPS) is 15.5. The molecule has 1 aromatic rings. The summed E-state index contributed by atoms with van der Waals surface area (Å²) < 4.78 is 43.8. The van der Waals surface area contributed by atoms with E-state index in [0.29, 0.717) is 0 Å². The number of halogens is 3. The molecule has 1 aliphatic rings. The number of amides is 1. The molecule has 1 fully saturated rings. The summed E-state index contributed by atoms with van der Waals surface area (Å²) in [6, 6.07) is 5.13. The minimum absolute atomic E-state index is 0.0204. The van der Waals surface area contributed by atoms with Crippen LogP contribution in [0.15, 0.2) is 29.4 Å². The molecule has 0 radical (unpaired) electrons. The second-order valence-electron chi connectivity index (χ2n) is 4.90. The Kier molecular flexibility index (Phi) is 5.62. The monoisotopic (exact) mass is 344 g/mol. The van der Waals surface area contributed by atoms with Crippen LogP contribution in [0, 0.1) is 0 Å². The number of hydrazine groups is 1. The number of ether oxygens (including phenoxy) is 1. The number of nitrogens with one attached hydrogen (secondary N) is 3. The molecule has 130 valence electrons. The summed E-state index contributed by atoms with van der Waals surface area (Å²) in [6.07, 6.45) is -4.48. The molecular weight excluding hydrogens is 329 g/mol. The number of hydrogen-bond donors (Lipinski definition) is 3. The fourth-order valence-electron chi connectivity index (χ4n) is 1.97. The average Bonchev–Trinajstić information content (AvgIpc) is 3.35. The lowest BCUT2D eigenvalue weighted by molar-refractivity contribution is -0.165. The van der Waals surface area contributed by atoms with Crippen LogP contribution in [0.5, 0.6) is 0 Å². The third-order valence-electron chi connectivity index (χ3n) is 3.31. The van der Waals surface area contributed by atoms with Crippen LogP contribution in [0.3, 0.4) is 0 Å². The van der Waals surface area contributed by atoms with Crippen molar-refractivity contribution in [3.8, 4) is 0 Å². The number of benzene rings is 1. The number of hydrogen-bond acceptors (Lipinski definition) is 5. The first-order valence-corrected chi connectivity index (χ1v) is 6.99. The van der Waals surface area contributed by atoms with Gasteiger partial charge in [0.25, 0.3) is 5.91 Å². The van der Waals surface area contributed by atoms with Crippen molar-refractivity contribution in [2.24, 2.45) is 5.11 Å². The van der Waals surface area contributed by atoms with E-state index < -0.39 is 17.7 Å². The highest BCUT2D eigenvalue weighted by Gasteiger charge is 2.65. The molecule has 1 saturated heterocycles. The van der Waals surface area contributed by atoms with Gasteiger partial charge in [-0.25, -0.2) is 10.9 Å². The molecule has 8 nitrogen and oxygen atoms in total. The maximum atomic E-state index is 12.9. The maximum Gasteiger partial charge on any atom is 0.426 e. The van der Waals surface area contributed by atoms with Gasteiger partial charge in [-0.15, -0.1) is 0 Å². The molecule has 2 rings (SSSR count). The second-order valence-corrected chi connectivity index (χ2v) is 4.90. The van der Waals surface area contributed by atoms with E-state index in [2.05, 4.69) is 26.2 Å². The van der Waals surface area contributed by atoms with Crippen molar-refractivity contribution in [1.29, 1.82) is 0 Å². The lowest BCUT2D eigenvalue weighted by atomic mass is 10.0. The number of azide groups is 1. The van der Waals surface area contributed by atoms with Crippen LogP contribution >= 0.6 is 0 Å². The van der Waals surface area contributed by atoms with E-state index in [4.69, 9.17) is 10.3 Å². The summed E-state index contributed by atoms with van der Waals surface area (Å²) in [7, 11) is 0. The summed E-state index contributed by atoms with van der Waals surface area (Å²) in [6.45, 7) is 0.908. The predicted octanol–water partition coefficient (Wildman–Crippen LogP) is 1.57. The van der Waals surface area contributed by atoms with Crippen LogP contribution in [0.25, 0.3) is 10.4 Å². The number of carbonyl (C=O) groups is 1. The van der Waals surface area contributed by atoms with Gasteiger partial charge in [-0.1, -0.05) is 17.2 Å². The van der Waals surface area contributed by atoms with E-state index in [0.717, 1.165) is 0 Å². The zero-order chi connectivity index (χ0) is 17.6. The van der Waals surface area contributed by atoms with Crippen molar-refractivity contribution >= 4 is 5.91 Å². The molecule has 0 aliphatic carbocycles. The first-order valence-electron chi connectivity index (χ1n) is 6.99. The number of rotatable bonds is 8. The highest BCUT2D eigenvalue weighted by molar-refractivity contribution is 5.94. The quantitative estimate of drug-likeness (QED) is 0.217. The van der Waals surface area contributed by atoms with E-state index >= 15 is 0 Å². The number of nitrogens with zero attached hydrogens (tertiary/aromatic N) is 3. The Bertz CT molecular complexity index is 624. The fraction of sp³-hybridized carbons (Fsp3) is 0.462. The third-order valence-corrected chi connectivity index (χ3v) is 3.31. The van der Waals surface area contributed by atoms with Crippen LogP contribution in [0.4, 0.5) is 13.2 Å². The predicted molar refractivity (Wildman–Crippen MR) is 77.6 cm³/mol. The van der Waals surface area contributed by atoms with Crippen LogP contribution in [-0.4, -0.2) is 38.4 Å². The van der Waals surface area contributed by atoms with Gasteiger partial charge in [-0.2, -0.15) is 13.2 Å². The SMILES string of the molecule is [N-]=[N+]=NCCOCCNC(=O)c1ccc(C2(C(F)(F)F)NN2)cc1. The molecule has 0 unspecified atom stereocenters. The second kappa shape index (κ2) is 7.49. The molecule has 1 aliphatic heterocycles. The van der Waals surface area contributed by atoms with Crippen molar-refractivity contribution in [3.05, 3.63) is 45.8 Å². The molecule has 0 aromatic heterocycles. The molecule has 1 heterocycles. The minimum Gasteiger partial charge on any atom is -0.379 e. The Morgan fingerprint density at radius 2 is 1.96 bits per heavy atom. The van der Waals surface area contributed by atoms with E-state index in [-0.39, 0.29) is 37.4 Å². The minimum atomic E-state index is -4.48. The Labute approximate surface area is 135 Å². The largest absolute Gasteiger partial charge is 0.426 e. The molecule has 0 saturated carbocycles. The summed E-state index contributed by atoms with van der Waals surface area (Å²) in [4.78, 5) is 14.4. The van der Waals surface area contributed by atoms with Gasteiger partial charge in [0.15, 0.2) is 0 Å². The van der Waals surface area contributed by atoms with Crippen molar-refractivity contribution in [3.63, 3.8) is 0 Å². The first-order chi connectivity index (χ1) is 11.4. The van der Waals surface area contributed by atoms with Gasteiger partial charge < -0.3 is 10.1 Å². The van der Waals surface area contributed by atoms with Gasteiger partial charge in [0, 0.05) is 23.6 Å². The first kappa shape index (κ1) is 18.0. The molecule has 24 heavy (non-hydrogen) atoms. The molecule has 1 aromatic carbocycles. The van der Waals surface area contributed by atoms with Crippen molar-refractivity contribution in [2.45, 2.75) is 11.8 Å². The molecule has 3 N–H and O–H groups in total. The zero-order valence-electron chi connectivity index (χ0n) is 12.4. The maximum absolute atomic E-state index is 12.9. The van der Waals surface area contributed by atoms with Crippen LogP contribution in [0.1, 0.15) is 15.9 Å². The zero-order valence-corrected chi connectivity index (χ0v) is 12.4. The van der Waals surface area contributed by atoms with Gasteiger partial charge >= 0.3 is 6.18 Å². The van der Waals surface area contributed by atoms with E-state index in [1.165, 1.54) is 24.3 Å². The lowest BCUT2D eigenvalue weighted by Crippen LogP contribution is -2.35. The van der Waals surface area contributed by atoms with Crippen LogP contribution in [0.2, 0.25) is 0 Å². The van der Waals surface area contributed by atoms with Crippen molar-refractivity contribution in [1.82, 2.24) is 16.2 Å². The van der Waals surface area contributed by atoms with Gasteiger partial charge in [0.05, 0.1) is 13.2 Å². The van der Waals surface area contributed by atoms with Crippen molar-refractivity contribution in [2.75, 3.05) is 26.3 Å². The summed E-state index contributed by atoms with van der Waals surface area (Å²) in [5.74, 6) is -0.419. The third kappa shape index (κ3) is 4.15. The standard InChI is InChI=1S/C13H15F3N6O2/c14-13(15,16)12(20-21-12)10-3-1-9(2-4-10)11(23)18-5-7-24-8-6-19-22-17/h1-4,20-21H,5-8H2,(H,18,23). The van der Waals surface area contributed by atoms with Crippen LogP contribution in [-0.2, 0) is 10.4 Å². The van der Waals surface area contributed by atoms with Gasteiger partial charge in [0.1, 0.15) is 0 Å². The Morgan fingerprint density at radius 1 is 1.29 bits per heavy atom. The van der Waals surface area contributed by atoms with Gasteiger partial charge in [0.2, 0.25) is 5.66 Å². The fourth-order valence-corrected chi connectivity index (χ4v) is 1.97. The van der Waals surface area contributed by atoms with E-state index in [9.17, 15) is 18.0 Å². The number of alkyl halides is 3. The smallest absolute Gasteiger partial charge is 0.379 e. The molecule has 0 spiro atoms. The summed E-state index contributed by atoms with van der Waals surface area (Å²) >= 11 is 0. The van der Waals surface area contributed by atoms with E-state index in [1.807, 2.05) is 0 Å². The molecule has 0 bridgehead atoms. The van der Waals surface area contributed by atoms with Gasteiger partial charge in [-0.3, -0.25) is 4.79 Å². The Morgan fingerprint density at radius 3 is 2.50 bits per heavy atom. The molecule has 1 amide bonds. The van der Waals surface area contributed by atoms with Crippen LogP contribution < -0.4 is 16.2 Å². The lowest BCUT2D eigenvalue weighted by Gasteiger charge is -2.16. The highest BCUT2D eigenvalue weighted by atomic mass is 19.4. The summed E-state index contributed by atoms with van der Waals surface area (Å²) in [5, 5.41) is 5.85. The summed E-state index contributed by atoms with van der Waals surface area (Å²) in [5.41, 5.74) is 10.2. The topological polar surface area (TPSA) is 131 Å². The number of carbonyl (C=O) groups excluding carboxylic acids is 1. The van der Waals surface area contributed by atoms with E-state index in [1.54, 1.807) is 0 Å².